The fourth-order valence-electron chi connectivity index (χ4n) is 1.43. The molecule has 0 fully saturated rings. The molecule has 0 atom stereocenters. The van der Waals surface area contributed by atoms with Gasteiger partial charge in [0.15, 0.2) is 0 Å². The van der Waals surface area contributed by atoms with Gasteiger partial charge in [-0.05, 0) is 24.3 Å². The molecule has 0 spiro atoms. The topological polar surface area (TPSA) is 65.8 Å². The molecule has 0 bridgehead atoms. The number of anilines is 1. The van der Waals surface area contributed by atoms with Gasteiger partial charge in [0, 0.05) is 18.1 Å². The van der Waals surface area contributed by atoms with E-state index in [1.54, 1.807) is 12.1 Å². The Morgan fingerprint density at radius 3 is 2.74 bits per heavy atom. The minimum atomic E-state index is -0.399. The van der Waals surface area contributed by atoms with Gasteiger partial charge in [-0.3, -0.25) is 9.78 Å². The molecule has 0 aliphatic heterocycles. The van der Waals surface area contributed by atoms with Gasteiger partial charge in [0.2, 0.25) is 0 Å². The van der Waals surface area contributed by atoms with Crippen molar-refractivity contribution in [1.82, 2.24) is 4.98 Å². The summed E-state index contributed by atoms with van der Waals surface area (Å²) < 4.78 is 0. The molecule has 94 valence electrons. The van der Waals surface area contributed by atoms with Gasteiger partial charge in [0.05, 0.1) is 21.2 Å². The molecular formula is C13H7Cl2N3O. The maximum atomic E-state index is 12.0. The number of hydrogen-bond donors (Lipinski definition) is 1. The first kappa shape index (κ1) is 13.3. The Morgan fingerprint density at radius 1 is 1.26 bits per heavy atom. The third-order valence-electron chi connectivity index (χ3n) is 2.36. The predicted molar refractivity (Wildman–Crippen MR) is 73.4 cm³/mol. The van der Waals surface area contributed by atoms with E-state index >= 15 is 0 Å². The first-order valence-corrected chi connectivity index (χ1v) is 5.98. The van der Waals surface area contributed by atoms with Crippen LogP contribution in [0.25, 0.3) is 0 Å². The first-order chi connectivity index (χ1) is 9.11. The Balaban J connectivity index is 2.25. The highest BCUT2D eigenvalue weighted by molar-refractivity contribution is 6.34. The Morgan fingerprint density at radius 2 is 2.05 bits per heavy atom. The number of nitrogens with zero attached hydrogens (tertiary/aromatic N) is 2. The van der Waals surface area contributed by atoms with E-state index in [0.29, 0.717) is 15.7 Å². The Hall–Kier alpha value is -2.09. The van der Waals surface area contributed by atoms with Crippen molar-refractivity contribution in [2.75, 3.05) is 5.32 Å². The Kier molecular flexibility index (Phi) is 4.00. The predicted octanol–water partition coefficient (Wildman–Crippen LogP) is 3.51. The molecular weight excluding hydrogens is 285 g/mol. The zero-order valence-electron chi connectivity index (χ0n) is 9.52. The average molecular weight is 292 g/mol. The minimum Gasteiger partial charge on any atom is -0.322 e. The third-order valence-corrected chi connectivity index (χ3v) is 3.02. The third kappa shape index (κ3) is 3.02. The molecule has 2 rings (SSSR count). The highest BCUT2D eigenvalue weighted by Crippen LogP contribution is 2.21. The van der Waals surface area contributed by atoms with E-state index in [1.807, 2.05) is 6.07 Å². The molecule has 6 heteroatoms. The summed E-state index contributed by atoms with van der Waals surface area (Å²) in [6, 6.07) is 8.10. The lowest BCUT2D eigenvalue weighted by Gasteiger charge is -2.07. The normalized spacial score (nSPS) is 9.74. The molecule has 4 nitrogen and oxygen atoms in total. The maximum Gasteiger partial charge on any atom is 0.258 e. The van der Waals surface area contributed by atoms with Crippen LogP contribution in [0.2, 0.25) is 10.0 Å². The molecule has 2 aromatic rings. The number of halogens is 2. The highest BCUT2D eigenvalue weighted by atomic mass is 35.5. The lowest BCUT2D eigenvalue weighted by molar-refractivity contribution is 0.102. The van der Waals surface area contributed by atoms with E-state index in [4.69, 9.17) is 28.5 Å². The molecule has 1 aromatic carbocycles. The number of nitrogens with one attached hydrogen (secondary N) is 1. The van der Waals surface area contributed by atoms with Gasteiger partial charge in [-0.2, -0.15) is 5.26 Å². The molecule has 1 aromatic heterocycles. The van der Waals surface area contributed by atoms with Gasteiger partial charge in [-0.1, -0.05) is 23.2 Å². The summed E-state index contributed by atoms with van der Waals surface area (Å²) in [6.45, 7) is 0. The van der Waals surface area contributed by atoms with Crippen LogP contribution in [0.1, 0.15) is 15.9 Å². The summed E-state index contributed by atoms with van der Waals surface area (Å²) in [4.78, 5) is 15.8. The monoisotopic (exact) mass is 291 g/mol. The fourth-order valence-corrected chi connectivity index (χ4v) is 1.78. The summed E-state index contributed by atoms with van der Waals surface area (Å²) in [5.41, 5.74) is 1.01. The molecule has 19 heavy (non-hydrogen) atoms. The van der Waals surface area contributed by atoms with Gasteiger partial charge < -0.3 is 5.32 Å². The van der Waals surface area contributed by atoms with Gasteiger partial charge >= 0.3 is 0 Å². The number of benzene rings is 1. The number of carbonyl (C=O) groups excluding carboxylic acids is 1. The second-order valence-corrected chi connectivity index (χ2v) is 4.43. The van der Waals surface area contributed by atoms with E-state index in [0.717, 1.165) is 0 Å². The molecule has 0 saturated carbocycles. The fraction of sp³-hybridized carbons (Fsp3) is 0. The molecule has 0 aliphatic carbocycles. The van der Waals surface area contributed by atoms with Crippen LogP contribution in [0.3, 0.4) is 0 Å². The van der Waals surface area contributed by atoms with Crippen molar-refractivity contribution in [1.29, 1.82) is 5.26 Å². The summed E-state index contributed by atoms with van der Waals surface area (Å²) >= 11 is 11.7. The van der Waals surface area contributed by atoms with Gasteiger partial charge in [-0.15, -0.1) is 0 Å². The van der Waals surface area contributed by atoms with Crippen LogP contribution in [-0.4, -0.2) is 10.9 Å². The second-order valence-electron chi connectivity index (χ2n) is 3.62. The second kappa shape index (κ2) is 5.70. The molecule has 1 N–H and O–H groups in total. The van der Waals surface area contributed by atoms with Crippen molar-refractivity contribution < 1.29 is 4.79 Å². The molecule has 1 heterocycles. The van der Waals surface area contributed by atoms with Crippen molar-refractivity contribution in [3.8, 4) is 6.07 Å². The molecule has 0 saturated heterocycles. The Bertz CT molecular complexity index is 680. The van der Waals surface area contributed by atoms with Crippen LogP contribution >= 0.6 is 23.2 Å². The first-order valence-electron chi connectivity index (χ1n) is 5.22. The van der Waals surface area contributed by atoms with Crippen molar-refractivity contribution in [2.45, 2.75) is 0 Å². The highest BCUT2D eigenvalue weighted by Gasteiger charge is 2.11. The van der Waals surface area contributed by atoms with Gasteiger partial charge in [0.25, 0.3) is 5.91 Å². The van der Waals surface area contributed by atoms with E-state index < -0.39 is 5.91 Å². The summed E-state index contributed by atoms with van der Waals surface area (Å²) in [5.74, 6) is -0.399. The summed E-state index contributed by atoms with van der Waals surface area (Å²) in [7, 11) is 0. The molecule has 1 amide bonds. The number of hydrogen-bond acceptors (Lipinski definition) is 3. The number of pyridine rings is 1. The lowest BCUT2D eigenvalue weighted by atomic mass is 10.2. The van der Waals surface area contributed by atoms with Crippen LogP contribution in [0.15, 0.2) is 36.7 Å². The number of nitriles is 1. The Labute approximate surface area is 119 Å². The molecule has 0 radical (unpaired) electrons. The standard InChI is InChI=1S/C13H7Cl2N3O/c14-11-2-1-9(5-8(11)6-16)18-13(19)10-7-17-4-3-12(10)15/h1-5,7H,(H,18,19). The van der Waals surface area contributed by atoms with Crippen LogP contribution in [-0.2, 0) is 0 Å². The quantitative estimate of drug-likeness (QED) is 0.921. The number of amides is 1. The van der Waals surface area contributed by atoms with Crippen molar-refractivity contribution in [2.24, 2.45) is 0 Å². The summed E-state index contributed by atoms with van der Waals surface area (Å²) in [5, 5.41) is 12.1. The van der Waals surface area contributed by atoms with Crippen molar-refractivity contribution >= 4 is 34.8 Å². The zero-order chi connectivity index (χ0) is 13.8. The number of aromatic nitrogens is 1. The SMILES string of the molecule is N#Cc1cc(NC(=O)c2cnccc2Cl)ccc1Cl. The average Bonchev–Trinajstić information content (AvgIpc) is 2.41. The van der Waals surface area contributed by atoms with Crippen molar-refractivity contribution in [3.05, 3.63) is 57.8 Å². The smallest absolute Gasteiger partial charge is 0.258 e. The number of carbonyl (C=O) groups is 1. The van der Waals surface area contributed by atoms with Crippen LogP contribution in [0, 0.1) is 11.3 Å². The molecule has 0 unspecified atom stereocenters. The largest absolute Gasteiger partial charge is 0.322 e. The minimum absolute atomic E-state index is 0.262. The van der Waals surface area contributed by atoms with Crippen LogP contribution in [0.5, 0.6) is 0 Å². The zero-order valence-corrected chi connectivity index (χ0v) is 11.0. The maximum absolute atomic E-state index is 12.0. The van der Waals surface area contributed by atoms with Crippen LogP contribution in [0.4, 0.5) is 5.69 Å². The summed E-state index contributed by atoms with van der Waals surface area (Å²) in [6.07, 6.45) is 2.87. The van der Waals surface area contributed by atoms with E-state index in [9.17, 15) is 4.79 Å². The number of rotatable bonds is 2. The van der Waals surface area contributed by atoms with Gasteiger partial charge in [0.1, 0.15) is 6.07 Å². The van der Waals surface area contributed by atoms with Crippen molar-refractivity contribution in [3.63, 3.8) is 0 Å². The van der Waals surface area contributed by atoms with E-state index in [-0.39, 0.29) is 11.1 Å². The van der Waals surface area contributed by atoms with E-state index in [2.05, 4.69) is 10.3 Å². The molecule has 0 aliphatic rings. The van der Waals surface area contributed by atoms with Crippen LogP contribution < -0.4 is 5.32 Å². The van der Waals surface area contributed by atoms with Gasteiger partial charge in [-0.25, -0.2) is 0 Å². The van der Waals surface area contributed by atoms with E-state index in [1.165, 1.54) is 24.5 Å². The lowest BCUT2D eigenvalue weighted by Crippen LogP contribution is -2.12.